The highest BCUT2D eigenvalue weighted by Gasteiger charge is 2.19. The molecule has 0 spiro atoms. The van der Waals surface area contributed by atoms with Crippen LogP contribution < -0.4 is 0 Å². The Labute approximate surface area is 380 Å². The van der Waals surface area contributed by atoms with Crippen molar-refractivity contribution in [2.45, 2.75) is 310 Å². The van der Waals surface area contributed by atoms with E-state index in [-0.39, 0.29) is 31.1 Å². The molecular formula is C55H106O6. The van der Waals surface area contributed by atoms with Gasteiger partial charge in [0.25, 0.3) is 0 Å². The Bertz CT molecular complexity index is 931. The van der Waals surface area contributed by atoms with Gasteiger partial charge >= 0.3 is 17.9 Å². The summed E-state index contributed by atoms with van der Waals surface area (Å²) in [5.41, 5.74) is 0. The second-order valence-corrected chi connectivity index (χ2v) is 19.8. The molecular weight excluding hydrogens is 757 g/mol. The lowest BCUT2D eigenvalue weighted by atomic mass is 10.0. The summed E-state index contributed by atoms with van der Waals surface area (Å²) in [6.07, 6.45) is 49.7. The van der Waals surface area contributed by atoms with Crippen LogP contribution in [0, 0.1) is 11.8 Å². The van der Waals surface area contributed by atoms with Crippen LogP contribution in [0.25, 0.3) is 0 Å². The molecule has 0 aliphatic rings. The molecule has 0 N–H and O–H groups in total. The van der Waals surface area contributed by atoms with Crippen molar-refractivity contribution in [3.63, 3.8) is 0 Å². The van der Waals surface area contributed by atoms with Gasteiger partial charge in [-0.2, -0.15) is 0 Å². The van der Waals surface area contributed by atoms with Crippen molar-refractivity contribution in [1.82, 2.24) is 0 Å². The van der Waals surface area contributed by atoms with Crippen molar-refractivity contribution >= 4 is 17.9 Å². The lowest BCUT2D eigenvalue weighted by Gasteiger charge is -2.18. The Morgan fingerprint density at radius 1 is 0.311 bits per heavy atom. The van der Waals surface area contributed by atoms with Crippen molar-refractivity contribution in [2.24, 2.45) is 11.8 Å². The molecule has 61 heavy (non-hydrogen) atoms. The SMILES string of the molecule is CCCCCCCCCC(=O)O[C@H](COC(=O)CCCCCCCCCCCCCCCCCCC(C)C)COC(=O)CCCCCCCCCCCCCCCCC(C)C. The van der Waals surface area contributed by atoms with E-state index in [1.807, 2.05) is 0 Å². The van der Waals surface area contributed by atoms with Crippen LogP contribution in [-0.4, -0.2) is 37.2 Å². The first kappa shape index (κ1) is 59.4. The second kappa shape index (κ2) is 47.9. The van der Waals surface area contributed by atoms with Crippen molar-refractivity contribution in [3.8, 4) is 0 Å². The normalized spacial score (nSPS) is 12.0. The number of hydrogen-bond donors (Lipinski definition) is 0. The van der Waals surface area contributed by atoms with Gasteiger partial charge in [0, 0.05) is 19.3 Å². The maximum Gasteiger partial charge on any atom is 0.306 e. The maximum atomic E-state index is 12.7. The first-order valence-electron chi connectivity index (χ1n) is 27.2. The highest BCUT2D eigenvalue weighted by atomic mass is 16.6. The lowest BCUT2D eigenvalue weighted by Crippen LogP contribution is -2.30. The Balaban J connectivity index is 4.12. The molecule has 0 radical (unpaired) electrons. The van der Waals surface area contributed by atoms with Crippen molar-refractivity contribution in [1.29, 1.82) is 0 Å². The molecule has 0 rings (SSSR count). The minimum atomic E-state index is -0.760. The number of unbranched alkanes of at least 4 members (excludes halogenated alkanes) is 34. The van der Waals surface area contributed by atoms with E-state index < -0.39 is 6.10 Å². The molecule has 6 heteroatoms. The zero-order valence-electron chi connectivity index (χ0n) is 41.8. The average molecular weight is 863 g/mol. The van der Waals surface area contributed by atoms with Crippen LogP contribution in [0.3, 0.4) is 0 Å². The molecule has 0 aliphatic heterocycles. The van der Waals surface area contributed by atoms with Crippen LogP contribution in [0.5, 0.6) is 0 Å². The van der Waals surface area contributed by atoms with Gasteiger partial charge in [0.15, 0.2) is 6.10 Å². The zero-order valence-corrected chi connectivity index (χ0v) is 41.8. The number of carbonyl (C=O) groups excluding carboxylic acids is 3. The smallest absolute Gasteiger partial charge is 0.306 e. The number of rotatable bonds is 49. The summed E-state index contributed by atoms with van der Waals surface area (Å²) in [6.45, 7) is 11.4. The monoisotopic (exact) mass is 863 g/mol. The van der Waals surface area contributed by atoms with Gasteiger partial charge in [-0.15, -0.1) is 0 Å². The van der Waals surface area contributed by atoms with Crippen LogP contribution in [0.1, 0.15) is 304 Å². The van der Waals surface area contributed by atoms with Gasteiger partial charge in [-0.3, -0.25) is 14.4 Å². The molecule has 0 aromatic carbocycles. The van der Waals surface area contributed by atoms with Gasteiger partial charge in [0.2, 0.25) is 0 Å². The van der Waals surface area contributed by atoms with Crippen LogP contribution in [0.15, 0.2) is 0 Å². The van der Waals surface area contributed by atoms with Gasteiger partial charge in [-0.1, -0.05) is 266 Å². The number of esters is 3. The number of hydrogen-bond acceptors (Lipinski definition) is 6. The van der Waals surface area contributed by atoms with Crippen molar-refractivity contribution in [3.05, 3.63) is 0 Å². The molecule has 6 nitrogen and oxygen atoms in total. The topological polar surface area (TPSA) is 78.9 Å². The molecule has 0 aromatic heterocycles. The predicted octanol–water partition coefficient (Wildman–Crippen LogP) is 17.7. The summed E-state index contributed by atoms with van der Waals surface area (Å²) < 4.78 is 16.8. The molecule has 0 aromatic rings. The fourth-order valence-electron chi connectivity index (χ4n) is 8.34. The van der Waals surface area contributed by atoms with Gasteiger partial charge in [-0.25, -0.2) is 0 Å². The lowest BCUT2D eigenvalue weighted by molar-refractivity contribution is -0.167. The Kier molecular flexibility index (Phi) is 46.6. The highest BCUT2D eigenvalue weighted by molar-refractivity contribution is 5.71. The number of ether oxygens (including phenoxy) is 3. The van der Waals surface area contributed by atoms with Crippen LogP contribution in [0.4, 0.5) is 0 Å². The fraction of sp³-hybridized carbons (Fsp3) is 0.945. The van der Waals surface area contributed by atoms with E-state index in [1.165, 1.54) is 193 Å². The first-order chi connectivity index (χ1) is 29.7. The fourth-order valence-corrected chi connectivity index (χ4v) is 8.34. The largest absolute Gasteiger partial charge is 0.462 e. The Hall–Kier alpha value is -1.59. The third-order valence-corrected chi connectivity index (χ3v) is 12.5. The highest BCUT2D eigenvalue weighted by Crippen LogP contribution is 2.18. The van der Waals surface area contributed by atoms with Crippen molar-refractivity contribution in [2.75, 3.05) is 13.2 Å². The van der Waals surface area contributed by atoms with E-state index in [1.54, 1.807) is 0 Å². The van der Waals surface area contributed by atoms with Gasteiger partial charge in [0.05, 0.1) is 0 Å². The summed E-state index contributed by atoms with van der Waals surface area (Å²) in [6, 6.07) is 0. The molecule has 0 unspecified atom stereocenters. The maximum absolute atomic E-state index is 12.7. The van der Waals surface area contributed by atoms with Crippen LogP contribution in [-0.2, 0) is 28.6 Å². The van der Waals surface area contributed by atoms with E-state index in [9.17, 15) is 14.4 Å². The van der Waals surface area contributed by atoms with Crippen LogP contribution >= 0.6 is 0 Å². The average Bonchev–Trinajstić information content (AvgIpc) is 3.23. The minimum Gasteiger partial charge on any atom is -0.462 e. The predicted molar refractivity (Wildman–Crippen MR) is 261 cm³/mol. The van der Waals surface area contributed by atoms with Gasteiger partial charge in [-0.05, 0) is 31.1 Å². The van der Waals surface area contributed by atoms with E-state index in [4.69, 9.17) is 14.2 Å². The third-order valence-electron chi connectivity index (χ3n) is 12.5. The quantitative estimate of drug-likeness (QED) is 0.0344. The molecule has 0 saturated carbocycles. The summed E-state index contributed by atoms with van der Waals surface area (Å²) in [5, 5.41) is 0. The molecule has 0 amide bonds. The minimum absolute atomic E-state index is 0.0637. The van der Waals surface area contributed by atoms with E-state index in [0.29, 0.717) is 19.3 Å². The van der Waals surface area contributed by atoms with Gasteiger partial charge in [0.1, 0.15) is 13.2 Å². The summed E-state index contributed by atoms with van der Waals surface area (Å²) in [7, 11) is 0. The second-order valence-electron chi connectivity index (χ2n) is 19.8. The van der Waals surface area contributed by atoms with Crippen LogP contribution in [0.2, 0.25) is 0 Å². The Morgan fingerprint density at radius 2 is 0.541 bits per heavy atom. The molecule has 1 atom stereocenters. The Morgan fingerprint density at radius 3 is 0.803 bits per heavy atom. The van der Waals surface area contributed by atoms with Gasteiger partial charge < -0.3 is 14.2 Å². The van der Waals surface area contributed by atoms with Crippen molar-refractivity contribution < 1.29 is 28.6 Å². The van der Waals surface area contributed by atoms with E-state index in [0.717, 1.165) is 69.6 Å². The zero-order chi connectivity index (χ0) is 44.7. The summed E-state index contributed by atoms with van der Waals surface area (Å²) in [4.78, 5) is 37.8. The molecule has 362 valence electrons. The first-order valence-corrected chi connectivity index (χ1v) is 27.2. The standard InChI is InChI=1S/C55H106O6/c1-6-7-8-9-28-37-42-47-55(58)61-52(49-60-54(57)46-41-36-32-27-23-19-15-14-17-21-25-30-34-39-44-51(4)5)48-59-53(56)45-40-35-31-26-22-18-13-11-10-12-16-20-24-29-33-38-43-50(2)3/h50-52H,6-49H2,1-5H3/t52-/m1/s1. The molecule has 0 heterocycles. The van der Waals surface area contributed by atoms with E-state index in [2.05, 4.69) is 34.6 Å². The molecule has 0 fully saturated rings. The summed E-state index contributed by atoms with van der Waals surface area (Å²) in [5.74, 6) is 0.847. The third kappa shape index (κ3) is 49.3. The summed E-state index contributed by atoms with van der Waals surface area (Å²) >= 11 is 0. The van der Waals surface area contributed by atoms with E-state index >= 15 is 0 Å². The number of carbonyl (C=O) groups is 3. The molecule has 0 aliphatic carbocycles. The molecule has 0 saturated heterocycles. The molecule has 0 bridgehead atoms.